The number of hydrogen-bond donors (Lipinski definition) is 1. The molecule has 1 fully saturated rings. The molecule has 1 N–H and O–H groups in total. The van der Waals surface area contributed by atoms with Crippen LogP contribution in [-0.2, 0) is 6.18 Å². The number of rotatable bonds is 4. The molecule has 2 heterocycles. The van der Waals surface area contributed by atoms with E-state index in [2.05, 4.69) is 20.2 Å². The average Bonchev–Trinajstić information content (AvgIpc) is 2.44. The molecule has 1 unspecified atom stereocenters. The minimum absolute atomic E-state index is 0.141. The Morgan fingerprint density at radius 3 is 2.52 bits per heavy atom. The van der Waals surface area contributed by atoms with Gasteiger partial charge >= 0.3 is 6.18 Å². The number of piperazine rings is 1. The zero-order valence-corrected chi connectivity index (χ0v) is 12.4. The molecule has 118 valence electrons. The lowest BCUT2D eigenvalue weighted by molar-refractivity contribution is -0.141. The second-order valence-electron chi connectivity index (χ2n) is 5.34. The van der Waals surface area contributed by atoms with Crippen molar-refractivity contribution >= 4 is 0 Å². The molecule has 0 saturated carbocycles. The van der Waals surface area contributed by atoms with Crippen LogP contribution in [0.25, 0.3) is 0 Å². The van der Waals surface area contributed by atoms with Gasteiger partial charge in [-0.3, -0.25) is 4.90 Å². The van der Waals surface area contributed by atoms with Crippen LogP contribution >= 0.6 is 0 Å². The molecule has 0 aromatic carbocycles. The van der Waals surface area contributed by atoms with Crippen molar-refractivity contribution in [1.82, 2.24) is 20.2 Å². The summed E-state index contributed by atoms with van der Waals surface area (Å²) in [7, 11) is 0. The quantitative estimate of drug-likeness (QED) is 0.928. The molecule has 0 bridgehead atoms. The molecule has 1 aromatic heterocycles. The highest BCUT2D eigenvalue weighted by molar-refractivity contribution is 5.15. The van der Waals surface area contributed by atoms with Crippen molar-refractivity contribution in [2.75, 3.05) is 26.2 Å². The van der Waals surface area contributed by atoms with Crippen molar-refractivity contribution in [3.8, 4) is 0 Å². The van der Waals surface area contributed by atoms with Gasteiger partial charge in [0.1, 0.15) is 11.5 Å². The van der Waals surface area contributed by atoms with Gasteiger partial charge in [-0.25, -0.2) is 9.97 Å². The van der Waals surface area contributed by atoms with Gasteiger partial charge in [0, 0.05) is 31.9 Å². The number of alkyl halides is 3. The molecule has 7 heteroatoms. The molecule has 1 saturated heterocycles. The Balaban J connectivity index is 2.32. The minimum Gasteiger partial charge on any atom is -0.314 e. The third-order valence-corrected chi connectivity index (χ3v) is 3.61. The number of halogens is 3. The van der Waals surface area contributed by atoms with E-state index in [0.717, 1.165) is 45.1 Å². The van der Waals surface area contributed by atoms with Crippen molar-refractivity contribution in [3.63, 3.8) is 0 Å². The fraction of sp³-hybridized carbons (Fsp3) is 0.714. The zero-order chi connectivity index (χ0) is 15.5. The van der Waals surface area contributed by atoms with E-state index in [4.69, 9.17) is 0 Å². The highest BCUT2D eigenvalue weighted by Crippen LogP contribution is 2.30. The van der Waals surface area contributed by atoms with E-state index < -0.39 is 11.9 Å². The standard InChI is InChI=1S/C14H21F3N4/c1-3-4-11(21-7-5-18-6-8-21)13-19-10(2)9-12(20-13)14(15,16)17/h9,11,18H,3-8H2,1-2H3. The Kier molecular flexibility index (Phi) is 5.16. The van der Waals surface area contributed by atoms with Crippen LogP contribution in [0.15, 0.2) is 6.07 Å². The lowest BCUT2D eigenvalue weighted by Gasteiger charge is -2.34. The number of aromatic nitrogens is 2. The first-order chi connectivity index (χ1) is 9.91. The van der Waals surface area contributed by atoms with Crippen molar-refractivity contribution in [1.29, 1.82) is 0 Å². The molecule has 0 amide bonds. The van der Waals surface area contributed by atoms with E-state index in [1.54, 1.807) is 6.92 Å². The van der Waals surface area contributed by atoms with Crippen LogP contribution in [0.4, 0.5) is 13.2 Å². The molecule has 0 radical (unpaired) electrons. The second-order valence-corrected chi connectivity index (χ2v) is 5.34. The largest absolute Gasteiger partial charge is 0.433 e. The predicted molar refractivity (Wildman–Crippen MR) is 73.9 cm³/mol. The van der Waals surface area contributed by atoms with Crippen LogP contribution in [0.5, 0.6) is 0 Å². The molecular formula is C14H21F3N4. The van der Waals surface area contributed by atoms with Gasteiger partial charge in [0.15, 0.2) is 0 Å². The second kappa shape index (κ2) is 6.70. The van der Waals surface area contributed by atoms with Crippen molar-refractivity contribution in [2.24, 2.45) is 0 Å². The first-order valence-corrected chi connectivity index (χ1v) is 7.29. The average molecular weight is 302 g/mol. The van der Waals surface area contributed by atoms with Gasteiger partial charge in [-0.15, -0.1) is 0 Å². The topological polar surface area (TPSA) is 41.1 Å². The summed E-state index contributed by atoms with van der Waals surface area (Å²) in [6.45, 7) is 6.92. The van der Waals surface area contributed by atoms with E-state index >= 15 is 0 Å². The van der Waals surface area contributed by atoms with Crippen LogP contribution in [-0.4, -0.2) is 41.0 Å². The Morgan fingerprint density at radius 1 is 1.29 bits per heavy atom. The van der Waals surface area contributed by atoms with E-state index in [1.807, 2.05) is 6.92 Å². The monoisotopic (exact) mass is 302 g/mol. The third-order valence-electron chi connectivity index (χ3n) is 3.61. The fourth-order valence-electron chi connectivity index (χ4n) is 2.63. The van der Waals surface area contributed by atoms with Gasteiger partial charge in [0.05, 0.1) is 6.04 Å². The van der Waals surface area contributed by atoms with Crippen LogP contribution < -0.4 is 5.32 Å². The first-order valence-electron chi connectivity index (χ1n) is 7.29. The summed E-state index contributed by atoms with van der Waals surface area (Å²) in [5, 5.41) is 3.25. The van der Waals surface area contributed by atoms with Gasteiger partial charge in [-0.1, -0.05) is 13.3 Å². The molecular weight excluding hydrogens is 281 g/mol. The van der Waals surface area contributed by atoms with Gasteiger partial charge in [-0.2, -0.15) is 13.2 Å². The van der Waals surface area contributed by atoms with Gasteiger partial charge in [-0.05, 0) is 19.4 Å². The maximum atomic E-state index is 12.9. The Bertz CT molecular complexity index is 470. The van der Waals surface area contributed by atoms with Crippen molar-refractivity contribution in [2.45, 2.75) is 38.9 Å². The molecule has 1 aliphatic rings. The molecule has 4 nitrogen and oxygen atoms in total. The molecule has 21 heavy (non-hydrogen) atoms. The maximum absolute atomic E-state index is 12.9. The van der Waals surface area contributed by atoms with Crippen LogP contribution in [0.1, 0.15) is 43.0 Å². The first kappa shape index (κ1) is 16.2. The molecule has 1 atom stereocenters. The predicted octanol–water partition coefficient (Wildman–Crippen LogP) is 2.55. The SMILES string of the molecule is CCCC(c1nc(C)cc(C(F)(F)F)n1)N1CCNCC1. The Morgan fingerprint density at radius 2 is 1.95 bits per heavy atom. The molecule has 1 aromatic rings. The number of nitrogens with zero attached hydrogens (tertiary/aromatic N) is 3. The summed E-state index contributed by atoms with van der Waals surface area (Å²) < 4.78 is 38.8. The molecule has 1 aliphatic heterocycles. The highest BCUT2D eigenvalue weighted by Gasteiger charge is 2.34. The van der Waals surface area contributed by atoms with Crippen LogP contribution in [0, 0.1) is 6.92 Å². The number of aryl methyl sites for hydroxylation is 1. The highest BCUT2D eigenvalue weighted by atomic mass is 19.4. The maximum Gasteiger partial charge on any atom is 0.433 e. The van der Waals surface area contributed by atoms with Crippen LogP contribution in [0.3, 0.4) is 0 Å². The van der Waals surface area contributed by atoms with Crippen molar-refractivity contribution < 1.29 is 13.2 Å². The van der Waals surface area contributed by atoms with E-state index in [0.29, 0.717) is 11.5 Å². The number of hydrogen-bond acceptors (Lipinski definition) is 4. The minimum atomic E-state index is -4.43. The Hall–Kier alpha value is -1.21. The van der Waals surface area contributed by atoms with Gasteiger partial charge in [0.2, 0.25) is 0 Å². The fourth-order valence-corrected chi connectivity index (χ4v) is 2.63. The van der Waals surface area contributed by atoms with Gasteiger partial charge in [0.25, 0.3) is 0 Å². The Labute approximate surface area is 122 Å². The summed E-state index contributed by atoms with van der Waals surface area (Å²) in [5.41, 5.74) is -0.482. The summed E-state index contributed by atoms with van der Waals surface area (Å²) in [4.78, 5) is 10.2. The van der Waals surface area contributed by atoms with Gasteiger partial charge < -0.3 is 5.32 Å². The molecule has 0 aliphatic carbocycles. The van der Waals surface area contributed by atoms with Crippen molar-refractivity contribution in [3.05, 3.63) is 23.3 Å². The molecule has 2 rings (SSSR count). The summed E-state index contributed by atoms with van der Waals surface area (Å²) in [6.07, 6.45) is -2.78. The lowest BCUT2D eigenvalue weighted by atomic mass is 10.1. The van der Waals surface area contributed by atoms with E-state index in [-0.39, 0.29) is 6.04 Å². The summed E-state index contributed by atoms with van der Waals surface area (Å²) in [5.74, 6) is 0.297. The third kappa shape index (κ3) is 4.14. The zero-order valence-electron chi connectivity index (χ0n) is 12.4. The van der Waals surface area contributed by atoms with E-state index in [9.17, 15) is 13.2 Å². The van der Waals surface area contributed by atoms with Crippen LogP contribution in [0.2, 0.25) is 0 Å². The number of nitrogens with one attached hydrogen (secondary N) is 1. The lowest BCUT2D eigenvalue weighted by Crippen LogP contribution is -2.45. The summed E-state index contributed by atoms with van der Waals surface area (Å²) in [6, 6.07) is 0.864. The normalized spacial score (nSPS) is 18.7. The molecule has 0 spiro atoms. The van der Waals surface area contributed by atoms with E-state index in [1.165, 1.54) is 0 Å². The summed E-state index contributed by atoms with van der Waals surface area (Å²) >= 11 is 0. The smallest absolute Gasteiger partial charge is 0.314 e.